The topological polar surface area (TPSA) is 50.1 Å². The molecule has 22 heavy (non-hydrogen) atoms. The molecule has 0 aliphatic heterocycles. The summed E-state index contributed by atoms with van der Waals surface area (Å²) in [5, 5.41) is 8.34. The Morgan fingerprint density at radius 2 is 1.27 bits per heavy atom. The summed E-state index contributed by atoms with van der Waals surface area (Å²) in [5.41, 5.74) is 0. The monoisotopic (exact) mass is 309 g/mol. The van der Waals surface area contributed by atoms with Crippen molar-refractivity contribution in [1.29, 1.82) is 5.26 Å². The van der Waals surface area contributed by atoms with Gasteiger partial charge in [-0.2, -0.15) is 5.26 Å². The molecule has 0 fully saturated rings. The molecule has 0 atom stereocenters. The van der Waals surface area contributed by atoms with Crippen LogP contribution >= 0.6 is 0 Å². The van der Waals surface area contributed by atoms with E-state index >= 15 is 0 Å². The van der Waals surface area contributed by atoms with Gasteiger partial charge in [-0.05, 0) is 6.42 Å². The molecule has 0 aromatic heterocycles. The third-order valence-corrected chi connectivity index (χ3v) is 3.96. The molecule has 0 bridgehead atoms. The van der Waals surface area contributed by atoms with E-state index in [1.165, 1.54) is 70.6 Å². The van der Waals surface area contributed by atoms with Crippen molar-refractivity contribution in [3.05, 3.63) is 0 Å². The van der Waals surface area contributed by atoms with E-state index in [1.54, 1.807) is 0 Å². The standard InChI is InChI=1S/C19H35NO2/c1-2-3-4-5-6-7-8-9-10-11-12-13-14-16-19(21)22-18-15-17-20/h2-16,18H2,1H3. The molecule has 0 aliphatic rings. The van der Waals surface area contributed by atoms with E-state index in [4.69, 9.17) is 10.00 Å². The van der Waals surface area contributed by atoms with Gasteiger partial charge in [0, 0.05) is 6.42 Å². The second-order valence-corrected chi connectivity index (χ2v) is 6.12. The Morgan fingerprint density at radius 1 is 0.818 bits per heavy atom. The maximum absolute atomic E-state index is 11.3. The summed E-state index contributed by atoms with van der Waals surface area (Å²) in [4.78, 5) is 11.3. The fourth-order valence-corrected chi connectivity index (χ4v) is 2.57. The number of nitriles is 1. The zero-order valence-corrected chi connectivity index (χ0v) is 14.6. The maximum Gasteiger partial charge on any atom is 0.305 e. The normalized spacial score (nSPS) is 10.4. The summed E-state index contributed by atoms with van der Waals surface area (Å²) in [6.07, 6.45) is 17.8. The Bertz CT molecular complexity index is 284. The fraction of sp³-hybridized carbons (Fsp3) is 0.895. The Kier molecular flexibility index (Phi) is 17.2. The van der Waals surface area contributed by atoms with Gasteiger partial charge in [0.1, 0.15) is 6.61 Å². The van der Waals surface area contributed by atoms with Gasteiger partial charge in [0.2, 0.25) is 0 Å². The summed E-state index contributed by atoms with van der Waals surface area (Å²) in [5.74, 6) is -0.154. The number of hydrogen-bond donors (Lipinski definition) is 0. The molecule has 0 heterocycles. The lowest BCUT2D eigenvalue weighted by Gasteiger charge is -2.03. The molecule has 0 spiro atoms. The average molecular weight is 309 g/mol. The van der Waals surface area contributed by atoms with Crippen LogP contribution in [0.4, 0.5) is 0 Å². The highest BCUT2D eigenvalue weighted by atomic mass is 16.5. The van der Waals surface area contributed by atoms with E-state index in [0.29, 0.717) is 12.8 Å². The minimum absolute atomic E-state index is 0.154. The van der Waals surface area contributed by atoms with Gasteiger partial charge in [-0.1, -0.05) is 84.0 Å². The average Bonchev–Trinajstić information content (AvgIpc) is 2.52. The molecule has 0 unspecified atom stereocenters. The predicted octanol–water partition coefficient (Wildman–Crippen LogP) is 5.92. The van der Waals surface area contributed by atoms with Gasteiger partial charge < -0.3 is 4.74 Å². The van der Waals surface area contributed by atoms with Crippen molar-refractivity contribution in [3.8, 4) is 6.07 Å². The van der Waals surface area contributed by atoms with Crippen LogP contribution in [0.25, 0.3) is 0 Å². The van der Waals surface area contributed by atoms with Crippen molar-refractivity contribution in [2.24, 2.45) is 0 Å². The van der Waals surface area contributed by atoms with E-state index in [-0.39, 0.29) is 12.6 Å². The molecule has 0 N–H and O–H groups in total. The van der Waals surface area contributed by atoms with Gasteiger partial charge in [-0.15, -0.1) is 0 Å². The number of carbonyl (C=O) groups is 1. The number of rotatable bonds is 16. The van der Waals surface area contributed by atoms with E-state index < -0.39 is 0 Å². The van der Waals surface area contributed by atoms with Crippen LogP contribution < -0.4 is 0 Å². The van der Waals surface area contributed by atoms with E-state index in [1.807, 2.05) is 6.07 Å². The molecule has 0 aromatic carbocycles. The molecule has 0 saturated carbocycles. The number of unbranched alkanes of at least 4 members (excludes halogenated alkanes) is 12. The van der Waals surface area contributed by atoms with Crippen LogP contribution in [0.2, 0.25) is 0 Å². The Balaban J connectivity index is 3.08. The third kappa shape index (κ3) is 17.0. The molecule has 0 aromatic rings. The first-order valence-electron chi connectivity index (χ1n) is 9.33. The first kappa shape index (κ1) is 21.0. The lowest BCUT2D eigenvalue weighted by molar-refractivity contribution is -0.143. The Hall–Kier alpha value is -1.04. The van der Waals surface area contributed by atoms with Crippen LogP contribution in [-0.2, 0) is 9.53 Å². The first-order chi connectivity index (χ1) is 10.8. The van der Waals surface area contributed by atoms with Gasteiger partial charge in [0.15, 0.2) is 0 Å². The molecule has 0 radical (unpaired) electrons. The van der Waals surface area contributed by atoms with Crippen molar-refractivity contribution in [2.75, 3.05) is 6.61 Å². The van der Waals surface area contributed by atoms with Gasteiger partial charge in [-0.25, -0.2) is 0 Å². The summed E-state index contributed by atoms with van der Waals surface area (Å²) in [7, 11) is 0. The lowest BCUT2D eigenvalue weighted by Crippen LogP contribution is -2.04. The lowest BCUT2D eigenvalue weighted by atomic mass is 10.0. The highest BCUT2D eigenvalue weighted by Gasteiger charge is 2.01. The van der Waals surface area contributed by atoms with Crippen molar-refractivity contribution in [1.82, 2.24) is 0 Å². The van der Waals surface area contributed by atoms with Crippen molar-refractivity contribution in [2.45, 2.75) is 103 Å². The van der Waals surface area contributed by atoms with Crippen LogP contribution in [0.1, 0.15) is 103 Å². The first-order valence-corrected chi connectivity index (χ1v) is 9.33. The summed E-state index contributed by atoms with van der Waals surface area (Å²) in [6.45, 7) is 2.51. The highest BCUT2D eigenvalue weighted by molar-refractivity contribution is 5.69. The zero-order valence-electron chi connectivity index (χ0n) is 14.6. The van der Waals surface area contributed by atoms with Crippen molar-refractivity contribution in [3.63, 3.8) is 0 Å². The smallest absolute Gasteiger partial charge is 0.305 e. The van der Waals surface area contributed by atoms with Crippen LogP contribution in [-0.4, -0.2) is 12.6 Å². The summed E-state index contributed by atoms with van der Waals surface area (Å²) in [6, 6.07) is 1.96. The molecular weight excluding hydrogens is 274 g/mol. The SMILES string of the molecule is CCCCCCCCCCCCCCCC(=O)OCCC#N. The molecular formula is C19H35NO2. The minimum Gasteiger partial charge on any atom is -0.465 e. The van der Waals surface area contributed by atoms with Gasteiger partial charge >= 0.3 is 5.97 Å². The minimum atomic E-state index is -0.154. The van der Waals surface area contributed by atoms with Crippen molar-refractivity contribution >= 4 is 5.97 Å². The highest BCUT2D eigenvalue weighted by Crippen LogP contribution is 2.13. The second kappa shape index (κ2) is 18.0. The fourth-order valence-electron chi connectivity index (χ4n) is 2.57. The zero-order chi connectivity index (χ0) is 16.3. The number of ether oxygens (including phenoxy) is 1. The molecule has 128 valence electrons. The van der Waals surface area contributed by atoms with Gasteiger partial charge in [0.25, 0.3) is 0 Å². The number of esters is 1. The number of nitrogens with zero attached hydrogens (tertiary/aromatic N) is 1. The number of carbonyl (C=O) groups excluding carboxylic acids is 1. The maximum atomic E-state index is 11.3. The molecule has 3 heteroatoms. The summed E-state index contributed by atoms with van der Waals surface area (Å²) >= 11 is 0. The van der Waals surface area contributed by atoms with E-state index in [2.05, 4.69) is 6.92 Å². The Labute approximate surface area is 137 Å². The molecule has 3 nitrogen and oxygen atoms in total. The van der Waals surface area contributed by atoms with Crippen LogP contribution in [0.5, 0.6) is 0 Å². The molecule has 0 saturated heterocycles. The van der Waals surface area contributed by atoms with Gasteiger partial charge in [0.05, 0.1) is 12.5 Å². The van der Waals surface area contributed by atoms with Crippen molar-refractivity contribution < 1.29 is 9.53 Å². The predicted molar refractivity (Wildman–Crippen MR) is 91.5 cm³/mol. The van der Waals surface area contributed by atoms with Crippen LogP contribution in [0, 0.1) is 11.3 Å². The molecule has 0 rings (SSSR count). The third-order valence-electron chi connectivity index (χ3n) is 3.96. The van der Waals surface area contributed by atoms with E-state index in [9.17, 15) is 4.79 Å². The summed E-state index contributed by atoms with van der Waals surface area (Å²) < 4.78 is 4.93. The Morgan fingerprint density at radius 3 is 1.73 bits per heavy atom. The molecule has 0 aliphatic carbocycles. The number of hydrogen-bond acceptors (Lipinski definition) is 3. The van der Waals surface area contributed by atoms with Crippen LogP contribution in [0.3, 0.4) is 0 Å². The molecule has 0 amide bonds. The van der Waals surface area contributed by atoms with Gasteiger partial charge in [-0.3, -0.25) is 4.79 Å². The largest absolute Gasteiger partial charge is 0.465 e. The van der Waals surface area contributed by atoms with E-state index in [0.717, 1.165) is 12.8 Å². The second-order valence-electron chi connectivity index (χ2n) is 6.12. The quantitative estimate of drug-likeness (QED) is 0.262. The van der Waals surface area contributed by atoms with Crippen LogP contribution in [0.15, 0.2) is 0 Å².